The van der Waals surface area contributed by atoms with E-state index in [1.54, 1.807) is 24.4 Å². The minimum absolute atomic E-state index is 0.0287. The number of benzene rings is 1. The number of ether oxygens (including phenoxy) is 1. The smallest absolute Gasteiger partial charge is 0.262 e. The van der Waals surface area contributed by atoms with Crippen LogP contribution >= 0.6 is 11.3 Å². The number of anilines is 1. The molecular weight excluding hydrogens is 476 g/mol. The molecule has 0 bridgehead atoms. The molecule has 1 aromatic carbocycles. The Balaban J connectivity index is 1.64. The standard InChI is InChI=1S/C26H32N6O3S/c1-12(2)11-35-18-8-13(3)16(10-31-18)26(29)15-4-5-17(27)22-19(15)20(21(28)24(26)33)23(36-22)25(34)32-14-6-7-30-9-14/h4-5,8,10,12,14,21,30H,6-7,9,11,27-29H2,1-3H3,(H,32,34). The van der Waals surface area contributed by atoms with Crippen molar-refractivity contribution in [3.63, 3.8) is 0 Å². The summed E-state index contributed by atoms with van der Waals surface area (Å²) >= 11 is 1.26. The summed E-state index contributed by atoms with van der Waals surface area (Å²) in [6.45, 7) is 8.08. The van der Waals surface area contributed by atoms with Crippen LogP contribution in [0.4, 0.5) is 5.69 Å². The van der Waals surface area contributed by atoms with Gasteiger partial charge in [0, 0.05) is 47.1 Å². The monoisotopic (exact) mass is 508 g/mol. The molecule has 1 fully saturated rings. The first-order chi connectivity index (χ1) is 17.1. The number of Topliss-reactive ketones (excluding diaryl/α,β-unsaturated/α-hetero) is 1. The molecule has 5 rings (SSSR count). The van der Waals surface area contributed by atoms with Crippen molar-refractivity contribution in [1.82, 2.24) is 15.6 Å². The SMILES string of the molecule is Cc1cc(OCC(C)C)ncc1C1(N)C(=O)C(N)c2c(C(=O)NC3CCNC3)sc3c(N)ccc1c23. The molecule has 1 saturated heterocycles. The summed E-state index contributed by atoms with van der Waals surface area (Å²) in [5, 5.41) is 6.99. The Morgan fingerprint density at radius 1 is 1.36 bits per heavy atom. The van der Waals surface area contributed by atoms with Gasteiger partial charge in [-0.1, -0.05) is 19.9 Å². The van der Waals surface area contributed by atoms with Gasteiger partial charge in [0.25, 0.3) is 5.91 Å². The van der Waals surface area contributed by atoms with Gasteiger partial charge in [-0.2, -0.15) is 0 Å². The number of hydrogen-bond acceptors (Lipinski definition) is 9. The molecule has 8 N–H and O–H groups in total. The summed E-state index contributed by atoms with van der Waals surface area (Å²) in [6.07, 6.45) is 2.44. The molecule has 3 unspecified atom stereocenters. The van der Waals surface area contributed by atoms with Crippen LogP contribution in [0.15, 0.2) is 24.4 Å². The van der Waals surface area contributed by atoms with Crippen molar-refractivity contribution in [2.45, 2.75) is 44.8 Å². The molecule has 9 nitrogen and oxygen atoms in total. The number of thiophene rings is 1. The van der Waals surface area contributed by atoms with E-state index in [0.717, 1.165) is 18.5 Å². The molecule has 2 aliphatic rings. The Kier molecular flexibility index (Phi) is 6.24. The van der Waals surface area contributed by atoms with Crippen molar-refractivity contribution in [3.8, 4) is 5.88 Å². The van der Waals surface area contributed by atoms with Crippen molar-refractivity contribution >= 4 is 38.8 Å². The zero-order valence-corrected chi connectivity index (χ0v) is 21.5. The summed E-state index contributed by atoms with van der Waals surface area (Å²) in [5.74, 6) is 0.182. The van der Waals surface area contributed by atoms with E-state index in [4.69, 9.17) is 21.9 Å². The lowest BCUT2D eigenvalue weighted by atomic mass is 9.70. The second kappa shape index (κ2) is 9.11. The lowest BCUT2D eigenvalue weighted by molar-refractivity contribution is -0.124. The zero-order chi connectivity index (χ0) is 25.8. The number of carbonyl (C=O) groups excluding carboxylic acids is 2. The highest BCUT2D eigenvalue weighted by Crippen LogP contribution is 2.49. The van der Waals surface area contributed by atoms with E-state index in [2.05, 4.69) is 29.5 Å². The van der Waals surface area contributed by atoms with Gasteiger partial charge in [0.15, 0.2) is 5.78 Å². The number of nitrogens with two attached hydrogens (primary N) is 3. The fourth-order valence-corrected chi connectivity index (χ4v) is 6.33. The fraction of sp³-hybridized carbons (Fsp3) is 0.423. The van der Waals surface area contributed by atoms with Crippen molar-refractivity contribution in [1.29, 1.82) is 0 Å². The Bertz CT molecular complexity index is 1360. The maximum absolute atomic E-state index is 13.9. The molecule has 1 aliphatic carbocycles. The Morgan fingerprint density at radius 2 is 2.14 bits per heavy atom. The van der Waals surface area contributed by atoms with Gasteiger partial charge in [0.2, 0.25) is 5.88 Å². The van der Waals surface area contributed by atoms with Gasteiger partial charge in [-0.25, -0.2) is 4.98 Å². The second-order valence-electron chi connectivity index (χ2n) is 10.1. The fourth-order valence-electron chi connectivity index (χ4n) is 5.13. The molecule has 1 amide bonds. The number of aryl methyl sites for hydroxylation is 1. The van der Waals surface area contributed by atoms with E-state index in [1.807, 2.05) is 6.92 Å². The Labute approximate surface area is 213 Å². The molecule has 3 atom stereocenters. The van der Waals surface area contributed by atoms with Crippen LogP contribution < -0.4 is 32.6 Å². The van der Waals surface area contributed by atoms with Crippen LogP contribution in [0, 0.1) is 12.8 Å². The van der Waals surface area contributed by atoms with Crippen LogP contribution in [0.1, 0.15) is 58.2 Å². The minimum Gasteiger partial charge on any atom is -0.477 e. The highest BCUT2D eigenvalue weighted by molar-refractivity contribution is 7.21. The summed E-state index contributed by atoms with van der Waals surface area (Å²) in [5.41, 5.74) is 21.2. The van der Waals surface area contributed by atoms with Gasteiger partial charge < -0.3 is 32.6 Å². The maximum Gasteiger partial charge on any atom is 0.262 e. The largest absolute Gasteiger partial charge is 0.477 e. The third-order valence-corrected chi connectivity index (χ3v) is 8.24. The number of nitrogens with zero attached hydrogens (tertiary/aromatic N) is 1. The van der Waals surface area contributed by atoms with Crippen LogP contribution in [0.3, 0.4) is 0 Å². The van der Waals surface area contributed by atoms with Crippen LogP contribution in [-0.4, -0.2) is 42.4 Å². The molecule has 1 aliphatic heterocycles. The van der Waals surface area contributed by atoms with Crippen LogP contribution in [0.25, 0.3) is 10.1 Å². The number of aromatic nitrogens is 1. The third-order valence-electron chi connectivity index (χ3n) is 6.99. The number of rotatable bonds is 6. The van der Waals surface area contributed by atoms with Crippen molar-refractivity contribution in [2.24, 2.45) is 17.4 Å². The van der Waals surface area contributed by atoms with Gasteiger partial charge in [-0.05, 0) is 43.0 Å². The number of amides is 1. The van der Waals surface area contributed by atoms with Crippen LogP contribution in [0.5, 0.6) is 5.88 Å². The third kappa shape index (κ3) is 3.85. The minimum atomic E-state index is -1.55. The molecule has 10 heteroatoms. The van der Waals surface area contributed by atoms with Crippen molar-refractivity contribution in [3.05, 3.63) is 51.5 Å². The summed E-state index contributed by atoms with van der Waals surface area (Å²) < 4.78 is 6.47. The first-order valence-electron chi connectivity index (χ1n) is 12.2. The number of nitrogens with one attached hydrogen (secondary N) is 2. The van der Waals surface area contributed by atoms with Gasteiger partial charge in [0.1, 0.15) is 5.54 Å². The van der Waals surface area contributed by atoms with Crippen LogP contribution in [-0.2, 0) is 10.3 Å². The number of nitrogen functional groups attached to an aromatic ring is 1. The predicted molar refractivity (Wildman–Crippen MR) is 141 cm³/mol. The van der Waals surface area contributed by atoms with Gasteiger partial charge in [0.05, 0.1) is 22.2 Å². The molecule has 3 heterocycles. The van der Waals surface area contributed by atoms with Gasteiger partial charge in [-0.15, -0.1) is 11.3 Å². The Morgan fingerprint density at radius 3 is 2.81 bits per heavy atom. The lowest BCUT2D eigenvalue weighted by Crippen LogP contribution is -2.53. The summed E-state index contributed by atoms with van der Waals surface area (Å²) in [4.78, 5) is 32.1. The van der Waals surface area contributed by atoms with Crippen molar-refractivity contribution in [2.75, 3.05) is 25.4 Å². The van der Waals surface area contributed by atoms with Gasteiger partial charge in [-0.3, -0.25) is 9.59 Å². The highest BCUT2D eigenvalue weighted by Gasteiger charge is 2.49. The molecule has 0 saturated carbocycles. The van der Waals surface area contributed by atoms with E-state index in [1.165, 1.54) is 11.3 Å². The summed E-state index contributed by atoms with van der Waals surface area (Å²) in [7, 11) is 0. The molecular formula is C26H32N6O3S. The predicted octanol–water partition coefficient (Wildman–Crippen LogP) is 2.10. The van der Waals surface area contributed by atoms with Crippen molar-refractivity contribution < 1.29 is 14.3 Å². The first-order valence-corrected chi connectivity index (χ1v) is 13.0. The topological polar surface area (TPSA) is 158 Å². The van der Waals surface area contributed by atoms with E-state index in [-0.39, 0.29) is 11.9 Å². The van der Waals surface area contributed by atoms with Gasteiger partial charge >= 0.3 is 0 Å². The maximum atomic E-state index is 13.9. The second-order valence-corrected chi connectivity index (χ2v) is 11.1. The molecule has 36 heavy (non-hydrogen) atoms. The molecule has 190 valence electrons. The Hall–Kier alpha value is -3.05. The molecule has 3 aromatic rings. The van der Waals surface area contributed by atoms with E-state index < -0.39 is 17.4 Å². The molecule has 0 spiro atoms. The normalized spacial score (nSPS) is 23.4. The number of ketones is 1. The zero-order valence-electron chi connectivity index (χ0n) is 20.7. The molecule has 2 aromatic heterocycles. The van der Waals surface area contributed by atoms with Crippen LogP contribution in [0.2, 0.25) is 0 Å². The lowest BCUT2D eigenvalue weighted by Gasteiger charge is -2.37. The average molecular weight is 509 g/mol. The summed E-state index contributed by atoms with van der Waals surface area (Å²) in [6, 6.07) is 4.23. The average Bonchev–Trinajstić information content (AvgIpc) is 3.49. The first kappa shape index (κ1) is 24.6. The number of hydrogen-bond donors (Lipinski definition) is 5. The number of carbonyl (C=O) groups is 2. The van der Waals surface area contributed by atoms with E-state index in [9.17, 15) is 9.59 Å². The highest BCUT2D eigenvalue weighted by atomic mass is 32.1. The molecule has 0 radical (unpaired) electrons. The van der Waals surface area contributed by atoms with E-state index >= 15 is 0 Å². The number of pyridine rings is 1. The van der Waals surface area contributed by atoms with E-state index in [0.29, 0.717) is 62.3 Å². The quantitative estimate of drug-likeness (QED) is 0.317.